The maximum absolute atomic E-state index is 9.88. The quantitative estimate of drug-likeness (QED) is 0.257. The first kappa shape index (κ1) is 9.56. The smallest absolute Gasteiger partial charge is 0.271 e. The van der Waals surface area contributed by atoms with Crippen molar-refractivity contribution in [2.45, 2.75) is 3.79 Å². The van der Waals surface area contributed by atoms with Gasteiger partial charge in [-0.1, -0.05) is 0 Å². The van der Waals surface area contributed by atoms with Gasteiger partial charge < -0.3 is 10.2 Å². The van der Waals surface area contributed by atoms with Crippen LogP contribution in [0.5, 0.6) is 0 Å². The minimum atomic E-state index is -4.29. The number of alkyl halides is 1. The molecule has 9 heavy (non-hydrogen) atoms. The van der Waals surface area contributed by atoms with Gasteiger partial charge in [-0.05, 0) is 22.6 Å². The molecule has 7 heteroatoms. The summed E-state index contributed by atoms with van der Waals surface area (Å²) in [5, 5.41) is 16.7. The molecule has 0 unspecified atom stereocenters. The van der Waals surface area contributed by atoms with Crippen molar-refractivity contribution in [3.05, 3.63) is 0 Å². The number of rotatable bonds is 2. The van der Waals surface area contributed by atoms with E-state index in [2.05, 4.69) is 0 Å². The van der Waals surface area contributed by atoms with E-state index in [1.54, 1.807) is 0 Å². The maximum atomic E-state index is 9.88. The van der Waals surface area contributed by atoms with E-state index in [1.165, 1.54) is 0 Å². The van der Waals surface area contributed by atoms with Crippen molar-refractivity contribution in [2.24, 2.45) is 0 Å². The van der Waals surface area contributed by atoms with Crippen molar-refractivity contribution in [1.82, 2.24) is 0 Å². The third-order valence-electron chi connectivity index (χ3n) is 0.366. The minimum absolute atomic E-state index is 1.07. The fourth-order valence-corrected chi connectivity index (χ4v) is 1.88. The van der Waals surface area contributed by atoms with Gasteiger partial charge in [0.05, 0.1) is 0 Å². The molecule has 0 saturated carbocycles. The second-order valence-electron chi connectivity index (χ2n) is 1.45. The van der Waals surface area contributed by atoms with Gasteiger partial charge in [0.25, 0.3) is 10.1 Å². The average molecular weight is 268 g/mol. The molecule has 0 aliphatic rings. The molecule has 0 bridgehead atoms. The van der Waals surface area contributed by atoms with Crippen LogP contribution in [0.15, 0.2) is 0 Å². The molecular weight excluding hydrogens is 263 g/mol. The van der Waals surface area contributed by atoms with E-state index < -0.39 is 19.7 Å². The molecule has 0 heterocycles. The van der Waals surface area contributed by atoms with Crippen molar-refractivity contribution in [1.29, 1.82) is 0 Å². The SMILES string of the molecule is O=S(=O)(O)CC(O)(O)I. The van der Waals surface area contributed by atoms with Crippen LogP contribution in [-0.4, -0.2) is 32.7 Å². The van der Waals surface area contributed by atoms with E-state index in [9.17, 15) is 8.42 Å². The van der Waals surface area contributed by atoms with Crippen molar-refractivity contribution >= 4 is 32.7 Å². The van der Waals surface area contributed by atoms with Crippen LogP contribution >= 0.6 is 22.6 Å². The van der Waals surface area contributed by atoms with Crippen LogP contribution < -0.4 is 0 Å². The fraction of sp³-hybridized carbons (Fsp3) is 1.00. The molecule has 0 aromatic heterocycles. The molecule has 0 saturated heterocycles. The molecule has 0 aromatic carbocycles. The highest BCUT2D eigenvalue weighted by atomic mass is 127. The lowest BCUT2D eigenvalue weighted by molar-refractivity contribution is -0.0388. The molecule has 0 spiro atoms. The van der Waals surface area contributed by atoms with Gasteiger partial charge in [0.2, 0.25) is 3.79 Å². The summed E-state index contributed by atoms with van der Waals surface area (Å²) in [5.41, 5.74) is 0. The van der Waals surface area contributed by atoms with Crippen LogP contribution in [-0.2, 0) is 10.1 Å². The highest BCUT2D eigenvalue weighted by Gasteiger charge is 2.25. The van der Waals surface area contributed by atoms with Crippen LogP contribution in [0, 0.1) is 0 Å². The summed E-state index contributed by atoms with van der Waals surface area (Å²) in [6.07, 6.45) is 0. The Balaban J connectivity index is 4.07. The monoisotopic (exact) mass is 268 g/mol. The van der Waals surface area contributed by atoms with Gasteiger partial charge >= 0.3 is 0 Å². The molecule has 5 nitrogen and oxygen atoms in total. The standard InChI is InChI=1S/C2H5IO5S/c3-2(4,5)1-9(6,7)8/h4-5H,1H2,(H,6,7,8). The predicted octanol–water partition coefficient (Wildman–Crippen LogP) is -1.05. The normalized spacial score (nSPS) is 13.8. The second-order valence-corrected chi connectivity index (χ2v) is 4.63. The molecule has 0 aromatic rings. The Hall–Kier alpha value is 0.560. The molecule has 56 valence electrons. The van der Waals surface area contributed by atoms with Gasteiger partial charge in [-0.2, -0.15) is 8.42 Å². The van der Waals surface area contributed by atoms with Gasteiger partial charge in [0.15, 0.2) is 0 Å². The Bertz CT molecular complexity index is 176. The van der Waals surface area contributed by atoms with Crippen molar-refractivity contribution in [3.63, 3.8) is 0 Å². The van der Waals surface area contributed by atoms with Gasteiger partial charge in [0, 0.05) is 0 Å². The maximum Gasteiger partial charge on any atom is 0.271 e. The first-order valence-corrected chi connectivity index (χ1v) is 4.48. The summed E-state index contributed by atoms with van der Waals surface area (Å²) in [5.74, 6) is -1.08. The Labute approximate surface area is 65.6 Å². The third kappa shape index (κ3) is 8.56. The summed E-state index contributed by atoms with van der Waals surface area (Å²) in [7, 11) is -4.29. The van der Waals surface area contributed by atoms with Gasteiger partial charge in [0.1, 0.15) is 5.75 Å². The fourth-order valence-electron chi connectivity index (χ4n) is 0.232. The number of halogens is 1. The second kappa shape index (κ2) is 2.66. The van der Waals surface area contributed by atoms with Gasteiger partial charge in [-0.25, -0.2) is 0 Å². The first-order valence-electron chi connectivity index (χ1n) is 1.79. The Morgan fingerprint density at radius 1 is 1.44 bits per heavy atom. The van der Waals surface area contributed by atoms with Crippen LogP contribution in [0.4, 0.5) is 0 Å². The number of hydrogen-bond donors (Lipinski definition) is 3. The Morgan fingerprint density at radius 3 is 1.78 bits per heavy atom. The topological polar surface area (TPSA) is 94.8 Å². The van der Waals surface area contributed by atoms with Crippen molar-refractivity contribution < 1.29 is 23.2 Å². The Kier molecular flexibility index (Phi) is 2.83. The molecule has 0 atom stereocenters. The lowest BCUT2D eigenvalue weighted by Crippen LogP contribution is -2.29. The average Bonchev–Trinajstić information content (AvgIpc) is 1.14. The molecule has 0 rings (SSSR count). The zero-order valence-corrected chi connectivity index (χ0v) is 7.13. The van der Waals surface area contributed by atoms with Crippen LogP contribution in [0.25, 0.3) is 0 Å². The van der Waals surface area contributed by atoms with Gasteiger partial charge in [-0.15, -0.1) is 0 Å². The van der Waals surface area contributed by atoms with Crippen molar-refractivity contribution in [3.8, 4) is 0 Å². The van der Waals surface area contributed by atoms with E-state index in [0.29, 0.717) is 0 Å². The molecule has 0 aliphatic heterocycles. The van der Waals surface area contributed by atoms with Crippen LogP contribution in [0.2, 0.25) is 0 Å². The lowest BCUT2D eigenvalue weighted by atomic mass is 10.8. The molecular formula is C2H5IO5S. The summed E-state index contributed by atoms with van der Waals surface area (Å²) in [6.45, 7) is 0. The molecule has 0 amide bonds. The predicted molar refractivity (Wildman–Crippen MR) is 37.6 cm³/mol. The highest BCUT2D eigenvalue weighted by molar-refractivity contribution is 14.1. The number of aliphatic hydroxyl groups is 2. The third-order valence-corrected chi connectivity index (χ3v) is 2.03. The number of hydrogen-bond acceptors (Lipinski definition) is 4. The van der Waals surface area contributed by atoms with Crippen molar-refractivity contribution in [2.75, 3.05) is 5.75 Å². The molecule has 3 N–H and O–H groups in total. The summed E-state index contributed by atoms with van der Waals surface area (Å²) < 4.78 is 25.4. The van der Waals surface area contributed by atoms with E-state index >= 15 is 0 Å². The highest BCUT2D eigenvalue weighted by Crippen LogP contribution is 2.11. The Morgan fingerprint density at radius 2 is 1.78 bits per heavy atom. The summed E-state index contributed by atoms with van der Waals surface area (Å²) in [4.78, 5) is 0. The van der Waals surface area contributed by atoms with E-state index in [-0.39, 0.29) is 0 Å². The molecule has 0 aliphatic carbocycles. The van der Waals surface area contributed by atoms with Crippen LogP contribution in [0.1, 0.15) is 0 Å². The lowest BCUT2D eigenvalue weighted by Gasteiger charge is -2.09. The molecule has 0 radical (unpaired) electrons. The van der Waals surface area contributed by atoms with E-state index in [0.717, 1.165) is 22.6 Å². The first-order chi connectivity index (χ1) is 3.71. The summed E-state index contributed by atoms with van der Waals surface area (Å²) >= 11 is 1.07. The zero-order chi connectivity index (χ0) is 7.71. The largest absolute Gasteiger partial charge is 0.357 e. The minimum Gasteiger partial charge on any atom is -0.357 e. The van der Waals surface area contributed by atoms with Crippen LogP contribution in [0.3, 0.4) is 0 Å². The van der Waals surface area contributed by atoms with E-state index in [1.807, 2.05) is 0 Å². The van der Waals surface area contributed by atoms with E-state index in [4.69, 9.17) is 14.8 Å². The zero-order valence-electron chi connectivity index (χ0n) is 4.15. The summed E-state index contributed by atoms with van der Waals surface area (Å²) in [6, 6.07) is 0. The molecule has 0 fully saturated rings. The van der Waals surface area contributed by atoms with Gasteiger partial charge in [-0.3, -0.25) is 4.55 Å².